The van der Waals surface area contributed by atoms with Crippen LogP contribution in [-0.4, -0.2) is 20.3 Å². The van der Waals surface area contributed by atoms with Gasteiger partial charge in [-0.1, -0.05) is 18.2 Å². The normalized spacial score (nSPS) is 11.1. The Morgan fingerprint density at radius 3 is 2.60 bits per heavy atom. The monoisotopic (exact) mass is 281 g/mol. The van der Waals surface area contributed by atoms with Crippen LogP contribution in [0.4, 0.5) is 10.7 Å². The summed E-state index contributed by atoms with van der Waals surface area (Å²) in [4.78, 5) is 6.34. The molecule has 0 aliphatic carbocycles. The Labute approximate surface area is 123 Å². The molecule has 1 heterocycles. The highest BCUT2D eigenvalue weighted by Crippen LogP contribution is 2.25. The Morgan fingerprint density at radius 1 is 1.20 bits per heavy atom. The van der Waals surface area contributed by atoms with Crippen molar-refractivity contribution in [3.8, 4) is 6.07 Å². The average Bonchev–Trinajstić information content (AvgIpc) is 2.91. The number of anilines is 1. The van der Waals surface area contributed by atoms with Crippen LogP contribution in [0, 0.1) is 11.3 Å². The number of nitriles is 1. The summed E-state index contributed by atoms with van der Waals surface area (Å²) in [6, 6.07) is 12.2. The summed E-state index contributed by atoms with van der Waals surface area (Å²) >= 11 is 1.47. The van der Waals surface area contributed by atoms with Gasteiger partial charge in [-0.2, -0.15) is 5.26 Å². The first-order chi connectivity index (χ1) is 9.70. The van der Waals surface area contributed by atoms with Gasteiger partial charge in [0.2, 0.25) is 0 Å². The number of rotatable bonds is 4. The van der Waals surface area contributed by atoms with Gasteiger partial charge in [0.15, 0.2) is 0 Å². The molecule has 0 N–H and O–H groups in total. The number of aliphatic imine (C=N–C) groups is 1. The first-order valence-electron chi connectivity index (χ1n) is 6.16. The van der Waals surface area contributed by atoms with Crippen LogP contribution in [0.25, 0.3) is 6.08 Å². The average molecular weight is 281 g/mol. The van der Waals surface area contributed by atoms with Gasteiger partial charge >= 0.3 is 0 Å². The first kappa shape index (κ1) is 14.0. The van der Waals surface area contributed by atoms with Crippen LogP contribution in [0.2, 0.25) is 0 Å². The number of benzene rings is 1. The minimum Gasteiger partial charge on any atom is -0.378 e. The molecule has 0 saturated heterocycles. The molecule has 1 aromatic carbocycles. The fourth-order valence-electron chi connectivity index (χ4n) is 1.63. The molecule has 4 heteroatoms. The van der Waals surface area contributed by atoms with Crippen molar-refractivity contribution in [2.45, 2.75) is 0 Å². The molecule has 0 spiro atoms. The standard InChI is InChI=1S/C16H15N3S/c1-19(2)15-7-5-13(6-8-15)4-3-10-18-16-14(12-17)9-11-20-16/h3-11H,1-2H3/b4-3+,18-10+. The molecule has 100 valence electrons. The second-order valence-corrected chi connectivity index (χ2v) is 5.27. The quantitative estimate of drug-likeness (QED) is 0.791. The largest absolute Gasteiger partial charge is 0.378 e. The van der Waals surface area contributed by atoms with Gasteiger partial charge in [-0.25, -0.2) is 4.99 Å². The Morgan fingerprint density at radius 2 is 1.95 bits per heavy atom. The van der Waals surface area contributed by atoms with Crippen LogP contribution in [0.3, 0.4) is 0 Å². The zero-order chi connectivity index (χ0) is 14.4. The number of allylic oxidation sites excluding steroid dienone is 1. The van der Waals surface area contributed by atoms with Gasteiger partial charge in [0.05, 0.1) is 5.56 Å². The molecule has 3 nitrogen and oxygen atoms in total. The van der Waals surface area contributed by atoms with E-state index < -0.39 is 0 Å². The lowest BCUT2D eigenvalue weighted by Gasteiger charge is -2.11. The summed E-state index contributed by atoms with van der Waals surface area (Å²) < 4.78 is 0. The Kier molecular flexibility index (Phi) is 4.70. The molecule has 20 heavy (non-hydrogen) atoms. The highest BCUT2D eigenvalue weighted by molar-refractivity contribution is 7.14. The lowest BCUT2D eigenvalue weighted by atomic mass is 10.2. The third kappa shape index (κ3) is 3.56. The van der Waals surface area contributed by atoms with Crippen LogP contribution in [-0.2, 0) is 0 Å². The van der Waals surface area contributed by atoms with E-state index in [2.05, 4.69) is 40.2 Å². The van der Waals surface area contributed by atoms with Crippen molar-refractivity contribution in [2.75, 3.05) is 19.0 Å². The number of hydrogen-bond donors (Lipinski definition) is 0. The lowest BCUT2D eigenvalue weighted by Crippen LogP contribution is -2.07. The molecule has 0 bridgehead atoms. The van der Waals surface area contributed by atoms with E-state index in [0.717, 1.165) is 10.6 Å². The number of nitrogens with zero attached hydrogens (tertiary/aromatic N) is 3. The van der Waals surface area contributed by atoms with Crippen LogP contribution in [0.5, 0.6) is 0 Å². The number of thiophene rings is 1. The van der Waals surface area contributed by atoms with Crippen molar-refractivity contribution in [1.82, 2.24) is 0 Å². The van der Waals surface area contributed by atoms with Gasteiger partial charge in [0.1, 0.15) is 11.1 Å². The van der Waals surface area contributed by atoms with E-state index >= 15 is 0 Å². The molecular formula is C16H15N3S. The molecule has 0 radical (unpaired) electrons. The second kappa shape index (κ2) is 6.69. The van der Waals surface area contributed by atoms with Crippen molar-refractivity contribution in [1.29, 1.82) is 5.26 Å². The van der Waals surface area contributed by atoms with E-state index in [9.17, 15) is 0 Å². The smallest absolute Gasteiger partial charge is 0.133 e. The second-order valence-electron chi connectivity index (χ2n) is 4.37. The van der Waals surface area contributed by atoms with Gasteiger partial charge in [-0.3, -0.25) is 0 Å². The topological polar surface area (TPSA) is 39.4 Å². The van der Waals surface area contributed by atoms with E-state index in [0.29, 0.717) is 5.56 Å². The maximum atomic E-state index is 8.87. The van der Waals surface area contributed by atoms with Gasteiger partial charge in [0, 0.05) is 26.0 Å². The van der Waals surface area contributed by atoms with Crippen LogP contribution in [0.1, 0.15) is 11.1 Å². The molecule has 0 aliphatic heterocycles. The van der Waals surface area contributed by atoms with Crippen molar-refractivity contribution in [3.05, 3.63) is 52.9 Å². The summed E-state index contributed by atoms with van der Waals surface area (Å²) in [6.45, 7) is 0. The minimum absolute atomic E-state index is 0.620. The van der Waals surface area contributed by atoms with E-state index in [4.69, 9.17) is 5.26 Å². The molecule has 2 rings (SSSR count). The maximum absolute atomic E-state index is 8.87. The maximum Gasteiger partial charge on any atom is 0.133 e. The molecule has 1 aromatic heterocycles. The molecule has 0 saturated carbocycles. The van der Waals surface area contributed by atoms with Gasteiger partial charge < -0.3 is 4.90 Å². The van der Waals surface area contributed by atoms with Gasteiger partial charge in [-0.05, 0) is 35.2 Å². The molecular weight excluding hydrogens is 266 g/mol. The summed E-state index contributed by atoms with van der Waals surface area (Å²) in [7, 11) is 4.04. The zero-order valence-electron chi connectivity index (χ0n) is 11.4. The molecule has 0 atom stereocenters. The molecule has 0 fully saturated rings. The van der Waals surface area contributed by atoms with E-state index in [1.807, 2.05) is 31.6 Å². The van der Waals surface area contributed by atoms with Crippen LogP contribution in [0.15, 0.2) is 46.8 Å². The lowest BCUT2D eigenvalue weighted by molar-refractivity contribution is 1.13. The fraction of sp³-hybridized carbons (Fsp3) is 0.125. The summed E-state index contributed by atoms with van der Waals surface area (Å²) in [5.41, 5.74) is 2.91. The van der Waals surface area contributed by atoms with Crippen molar-refractivity contribution in [2.24, 2.45) is 4.99 Å². The fourth-order valence-corrected chi connectivity index (χ4v) is 2.33. The van der Waals surface area contributed by atoms with Gasteiger partial charge in [-0.15, -0.1) is 11.3 Å². The molecule has 0 unspecified atom stereocenters. The van der Waals surface area contributed by atoms with Gasteiger partial charge in [0.25, 0.3) is 0 Å². The Hall–Kier alpha value is -2.38. The van der Waals surface area contributed by atoms with E-state index in [1.165, 1.54) is 17.0 Å². The SMILES string of the molecule is CN(C)c1ccc(/C=C/C=N/c2sccc2C#N)cc1. The Bertz CT molecular complexity index is 658. The van der Waals surface area contributed by atoms with E-state index in [-0.39, 0.29) is 0 Å². The van der Waals surface area contributed by atoms with Crippen molar-refractivity contribution in [3.63, 3.8) is 0 Å². The highest BCUT2D eigenvalue weighted by atomic mass is 32.1. The summed E-state index contributed by atoms with van der Waals surface area (Å²) in [6.07, 6.45) is 5.58. The van der Waals surface area contributed by atoms with E-state index in [1.54, 1.807) is 12.3 Å². The highest BCUT2D eigenvalue weighted by Gasteiger charge is 1.98. The zero-order valence-corrected chi connectivity index (χ0v) is 12.3. The number of hydrogen-bond acceptors (Lipinski definition) is 4. The first-order valence-corrected chi connectivity index (χ1v) is 7.04. The molecule has 2 aromatic rings. The Balaban J connectivity index is 2.02. The molecule has 0 aliphatic rings. The third-order valence-electron chi connectivity index (χ3n) is 2.74. The minimum atomic E-state index is 0.620. The summed E-state index contributed by atoms with van der Waals surface area (Å²) in [5, 5.41) is 11.5. The molecule has 0 amide bonds. The predicted molar refractivity (Wildman–Crippen MR) is 87.0 cm³/mol. The summed E-state index contributed by atoms with van der Waals surface area (Å²) in [5.74, 6) is 0. The van der Waals surface area contributed by atoms with Crippen molar-refractivity contribution >= 4 is 34.3 Å². The predicted octanol–water partition coefficient (Wildman–Crippen LogP) is 4.10. The van der Waals surface area contributed by atoms with Crippen LogP contribution >= 0.6 is 11.3 Å². The van der Waals surface area contributed by atoms with Crippen molar-refractivity contribution < 1.29 is 0 Å². The third-order valence-corrected chi connectivity index (χ3v) is 3.56. The van der Waals surface area contributed by atoms with Crippen LogP contribution < -0.4 is 4.90 Å².